The van der Waals surface area contributed by atoms with E-state index in [9.17, 15) is 4.79 Å². The summed E-state index contributed by atoms with van der Waals surface area (Å²) >= 11 is 0. The van der Waals surface area contributed by atoms with Crippen LogP contribution in [0.25, 0.3) is 0 Å². The van der Waals surface area contributed by atoms with Gasteiger partial charge in [0.1, 0.15) is 5.60 Å². The maximum atomic E-state index is 11.6. The number of ether oxygens (including phenoxy) is 1. The van der Waals surface area contributed by atoms with Gasteiger partial charge in [0.25, 0.3) is 0 Å². The minimum absolute atomic E-state index is 0. The van der Waals surface area contributed by atoms with Crippen molar-refractivity contribution in [3.8, 4) is 0 Å². The molecule has 2 N–H and O–H groups in total. The number of halogens is 1. The number of nitrogens with one attached hydrogen (secondary N) is 2. The van der Waals surface area contributed by atoms with Gasteiger partial charge in [0, 0.05) is 6.04 Å². The highest BCUT2D eigenvalue weighted by Crippen LogP contribution is 2.47. The number of hydrogen-bond acceptors (Lipinski definition) is 3. The van der Waals surface area contributed by atoms with Gasteiger partial charge in [-0.25, -0.2) is 4.79 Å². The molecule has 0 aromatic heterocycles. The Hall–Kier alpha value is -0.480. The lowest BCUT2D eigenvalue weighted by molar-refractivity contribution is 0.0207. The molecule has 0 aromatic rings. The number of piperidine rings is 1. The molecule has 2 aliphatic rings. The highest BCUT2D eigenvalue weighted by Gasteiger charge is 2.45. The van der Waals surface area contributed by atoms with Crippen LogP contribution in [0.15, 0.2) is 0 Å². The van der Waals surface area contributed by atoms with Gasteiger partial charge in [0.15, 0.2) is 0 Å². The summed E-state index contributed by atoms with van der Waals surface area (Å²) in [7, 11) is 0. The lowest BCUT2D eigenvalue weighted by Crippen LogP contribution is -2.54. The monoisotopic (exact) mass is 276 g/mol. The van der Waals surface area contributed by atoms with Crippen LogP contribution < -0.4 is 10.6 Å². The Bertz CT molecular complexity index is 288. The third kappa shape index (κ3) is 4.02. The van der Waals surface area contributed by atoms with Gasteiger partial charge in [-0.2, -0.15) is 0 Å². The Kier molecular flexibility index (Phi) is 4.90. The average Bonchev–Trinajstić information content (AvgIpc) is 2.13. The summed E-state index contributed by atoms with van der Waals surface area (Å²) in [4.78, 5) is 11.6. The van der Waals surface area contributed by atoms with E-state index in [0.717, 1.165) is 25.9 Å². The molecule has 4 nitrogen and oxygen atoms in total. The minimum atomic E-state index is -0.403. The van der Waals surface area contributed by atoms with Crippen LogP contribution in [0, 0.1) is 5.41 Å². The molecule has 1 aliphatic carbocycles. The van der Waals surface area contributed by atoms with E-state index in [-0.39, 0.29) is 18.5 Å². The quantitative estimate of drug-likeness (QED) is 0.774. The predicted molar refractivity (Wildman–Crippen MR) is 74.2 cm³/mol. The second-order valence-electron chi connectivity index (χ2n) is 6.50. The fourth-order valence-corrected chi connectivity index (χ4v) is 2.93. The van der Waals surface area contributed by atoms with Crippen molar-refractivity contribution in [3.05, 3.63) is 0 Å². The Morgan fingerprint density at radius 2 is 1.83 bits per heavy atom. The first kappa shape index (κ1) is 15.6. The van der Waals surface area contributed by atoms with E-state index in [1.54, 1.807) is 0 Å². The van der Waals surface area contributed by atoms with E-state index in [0.29, 0.717) is 11.5 Å². The number of hydrogen-bond donors (Lipinski definition) is 2. The van der Waals surface area contributed by atoms with Crippen molar-refractivity contribution in [1.82, 2.24) is 10.6 Å². The van der Waals surface area contributed by atoms with Crippen molar-refractivity contribution in [2.75, 3.05) is 13.1 Å². The number of rotatable bonds is 1. The standard InChI is InChI=1S/C13H24N2O2.ClH/c1-12(2,3)17-11(16)15-10-8-13(9-10)4-6-14-7-5-13;/h10,14H,4-9H2,1-3H3,(H,15,16);1H. The molecule has 2 fully saturated rings. The van der Waals surface area contributed by atoms with Gasteiger partial charge < -0.3 is 15.4 Å². The summed E-state index contributed by atoms with van der Waals surface area (Å²) in [6.07, 6.45) is 4.46. The molecular weight excluding hydrogens is 252 g/mol. The van der Waals surface area contributed by atoms with Crippen LogP contribution in [0.1, 0.15) is 46.5 Å². The van der Waals surface area contributed by atoms with Crippen molar-refractivity contribution in [2.24, 2.45) is 5.41 Å². The molecule has 2 rings (SSSR count). The fraction of sp³-hybridized carbons (Fsp3) is 0.923. The van der Waals surface area contributed by atoms with Gasteiger partial charge in [-0.15, -0.1) is 12.4 Å². The molecule has 0 radical (unpaired) electrons. The first-order valence-electron chi connectivity index (χ1n) is 6.59. The second kappa shape index (κ2) is 5.66. The molecule has 0 unspecified atom stereocenters. The molecule has 18 heavy (non-hydrogen) atoms. The van der Waals surface area contributed by atoms with Crippen LogP contribution in [0.2, 0.25) is 0 Å². The van der Waals surface area contributed by atoms with Crippen molar-refractivity contribution < 1.29 is 9.53 Å². The molecule has 1 amide bonds. The molecule has 5 heteroatoms. The lowest BCUT2D eigenvalue weighted by Gasteiger charge is -2.50. The van der Waals surface area contributed by atoms with Crippen molar-refractivity contribution in [1.29, 1.82) is 0 Å². The van der Waals surface area contributed by atoms with E-state index < -0.39 is 5.60 Å². The third-order valence-electron chi connectivity index (χ3n) is 3.74. The van der Waals surface area contributed by atoms with Crippen LogP contribution in [-0.4, -0.2) is 30.8 Å². The normalized spacial score (nSPS) is 22.8. The van der Waals surface area contributed by atoms with E-state index in [4.69, 9.17) is 4.74 Å². The maximum absolute atomic E-state index is 11.6. The molecule has 0 bridgehead atoms. The molecule has 1 aliphatic heterocycles. The Labute approximate surface area is 116 Å². The third-order valence-corrected chi connectivity index (χ3v) is 3.74. The van der Waals surface area contributed by atoms with Gasteiger partial charge >= 0.3 is 6.09 Å². The van der Waals surface area contributed by atoms with E-state index >= 15 is 0 Å². The van der Waals surface area contributed by atoms with Crippen LogP contribution in [0.4, 0.5) is 4.79 Å². The maximum Gasteiger partial charge on any atom is 0.407 e. The highest BCUT2D eigenvalue weighted by atomic mass is 35.5. The first-order chi connectivity index (χ1) is 7.89. The summed E-state index contributed by atoms with van der Waals surface area (Å²) in [6, 6.07) is 0.322. The molecule has 1 spiro atoms. The molecular formula is C13H25ClN2O2. The van der Waals surface area contributed by atoms with Crippen molar-refractivity contribution >= 4 is 18.5 Å². The number of carbonyl (C=O) groups is 1. The molecule has 1 saturated heterocycles. The van der Waals surface area contributed by atoms with Gasteiger partial charge in [0.2, 0.25) is 0 Å². The smallest absolute Gasteiger partial charge is 0.407 e. The molecule has 106 valence electrons. The number of carbonyl (C=O) groups excluding carboxylic acids is 1. The predicted octanol–water partition coefficient (Wildman–Crippen LogP) is 2.47. The first-order valence-corrected chi connectivity index (χ1v) is 6.59. The van der Waals surface area contributed by atoms with Crippen LogP contribution in [0.3, 0.4) is 0 Å². The highest BCUT2D eigenvalue weighted by molar-refractivity contribution is 5.85. The molecule has 1 heterocycles. The largest absolute Gasteiger partial charge is 0.444 e. The van der Waals surface area contributed by atoms with Gasteiger partial charge in [0.05, 0.1) is 0 Å². The van der Waals surface area contributed by atoms with Gasteiger partial charge in [-0.1, -0.05) is 0 Å². The zero-order chi connectivity index (χ0) is 12.5. The van der Waals surface area contributed by atoms with E-state index in [1.165, 1.54) is 12.8 Å². The summed E-state index contributed by atoms with van der Waals surface area (Å²) in [5.74, 6) is 0. The van der Waals surface area contributed by atoms with Crippen molar-refractivity contribution in [2.45, 2.75) is 58.1 Å². The summed E-state index contributed by atoms with van der Waals surface area (Å²) in [6.45, 7) is 7.92. The Balaban J connectivity index is 0.00000162. The molecule has 0 aromatic carbocycles. The van der Waals surface area contributed by atoms with Crippen LogP contribution in [0.5, 0.6) is 0 Å². The average molecular weight is 277 g/mol. The zero-order valence-electron chi connectivity index (χ0n) is 11.5. The Morgan fingerprint density at radius 1 is 1.28 bits per heavy atom. The Morgan fingerprint density at radius 3 is 2.33 bits per heavy atom. The summed E-state index contributed by atoms with van der Waals surface area (Å²) in [5, 5.41) is 6.35. The second-order valence-corrected chi connectivity index (χ2v) is 6.50. The number of alkyl carbamates (subject to hydrolysis) is 1. The number of amides is 1. The summed E-state index contributed by atoms with van der Waals surface area (Å²) in [5.41, 5.74) is 0.102. The fourth-order valence-electron chi connectivity index (χ4n) is 2.93. The zero-order valence-corrected chi connectivity index (χ0v) is 12.4. The molecule has 1 saturated carbocycles. The van der Waals surface area contributed by atoms with Crippen LogP contribution >= 0.6 is 12.4 Å². The topological polar surface area (TPSA) is 50.4 Å². The SMILES string of the molecule is CC(C)(C)OC(=O)NC1CC2(CCNCC2)C1.Cl. The van der Waals surface area contributed by atoms with Crippen molar-refractivity contribution in [3.63, 3.8) is 0 Å². The van der Waals surface area contributed by atoms with E-state index in [2.05, 4.69) is 10.6 Å². The van der Waals surface area contributed by atoms with Gasteiger partial charge in [-0.05, 0) is 65.0 Å². The molecule has 0 atom stereocenters. The summed E-state index contributed by atoms with van der Waals surface area (Å²) < 4.78 is 5.26. The minimum Gasteiger partial charge on any atom is -0.444 e. The van der Waals surface area contributed by atoms with E-state index in [1.807, 2.05) is 20.8 Å². The lowest BCUT2D eigenvalue weighted by atomic mass is 9.60. The van der Waals surface area contributed by atoms with Crippen LogP contribution in [-0.2, 0) is 4.74 Å². The van der Waals surface area contributed by atoms with Gasteiger partial charge in [-0.3, -0.25) is 0 Å².